The first-order valence-electron chi connectivity index (χ1n) is 13.9. The molecular weight excluding hydrogens is 454 g/mol. The van der Waals surface area contributed by atoms with Crippen LogP contribution < -0.4 is 11.2 Å². The highest BCUT2D eigenvalue weighted by atomic mass is 16.3. The van der Waals surface area contributed by atoms with Crippen molar-refractivity contribution >= 4 is 11.0 Å². The first-order valence-corrected chi connectivity index (χ1v) is 13.9. The molecule has 2 saturated carbocycles. The number of piperidine rings is 2. The van der Waals surface area contributed by atoms with E-state index in [1.807, 2.05) is 28.8 Å². The minimum absolute atomic E-state index is 0.0369. The van der Waals surface area contributed by atoms with Crippen LogP contribution in [-0.4, -0.2) is 47.2 Å². The number of H-pyrrole nitrogens is 1. The van der Waals surface area contributed by atoms with Crippen molar-refractivity contribution in [1.82, 2.24) is 24.0 Å². The number of nitrogens with one attached hydrogen (secondary N) is 1. The fraction of sp³-hybridized carbons (Fsp3) is 0.607. The lowest BCUT2D eigenvalue weighted by molar-refractivity contribution is -0.0485. The predicted molar refractivity (Wildman–Crippen MR) is 138 cm³/mol. The molecule has 4 heterocycles. The quantitative estimate of drug-likeness (QED) is 0.577. The molecular formula is C28H35N5O3. The summed E-state index contributed by atoms with van der Waals surface area (Å²) in [5, 5.41) is 10.3. The van der Waals surface area contributed by atoms with Crippen LogP contribution in [0, 0.1) is 11.8 Å². The van der Waals surface area contributed by atoms with Crippen molar-refractivity contribution in [3.05, 3.63) is 51.3 Å². The summed E-state index contributed by atoms with van der Waals surface area (Å²) in [6, 6.07) is 9.41. The molecule has 8 heteroatoms. The maximum atomic E-state index is 13.9. The molecule has 2 aliphatic heterocycles. The number of aromatic nitrogens is 4. The molecule has 0 radical (unpaired) electrons. The van der Waals surface area contributed by atoms with Crippen LogP contribution in [0.5, 0.6) is 5.88 Å². The summed E-state index contributed by atoms with van der Waals surface area (Å²) in [5.74, 6) is 1.47. The zero-order valence-electron chi connectivity index (χ0n) is 20.7. The minimum atomic E-state index is -0.562. The molecule has 4 fully saturated rings. The van der Waals surface area contributed by atoms with E-state index in [2.05, 4.69) is 14.9 Å². The van der Waals surface area contributed by atoms with Crippen molar-refractivity contribution in [2.24, 2.45) is 11.8 Å². The number of nitrogens with zero attached hydrogens (tertiary/aromatic N) is 4. The summed E-state index contributed by atoms with van der Waals surface area (Å²) in [4.78, 5) is 36.2. The van der Waals surface area contributed by atoms with Crippen LogP contribution in [0.1, 0.15) is 76.7 Å². The Morgan fingerprint density at radius 2 is 1.53 bits per heavy atom. The number of imidazole rings is 1. The molecule has 3 aromatic rings. The molecule has 190 valence electrons. The third-order valence-electron chi connectivity index (χ3n) is 9.64. The van der Waals surface area contributed by atoms with Crippen molar-refractivity contribution in [2.45, 2.75) is 94.8 Å². The number of fused-ring (bicyclic) bond motifs is 5. The topological polar surface area (TPSA) is 96.2 Å². The Bertz CT molecular complexity index is 1380. The van der Waals surface area contributed by atoms with Gasteiger partial charge in [-0.15, -0.1) is 0 Å². The molecule has 2 aromatic heterocycles. The van der Waals surface area contributed by atoms with E-state index in [0.29, 0.717) is 23.6 Å². The van der Waals surface area contributed by atoms with Gasteiger partial charge >= 0.3 is 5.69 Å². The Balaban J connectivity index is 1.28. The normalized spacial score (nSPS) is 32.6. The Labute approximate surface area is 210 Å². The Morgan fingerprint density at radius 1 is 0.833 bits per heavy atom. The first-order chi connectivity index (χ1) is 17.6. The smallest absolute Gasteiger partial charge is 0.334 e. The molecule has 4 aliphatic rings. The number of aromatic hydroxyl groups is 1. The van der Waals surface area contributed by atoms with Crippen molar-refractivity contribution in [3.63, 3.8) is 0 Å². The molecule has 0 spiro atoms. The van der Waals surface area contributed by atoms with Gasteiger partial charge in [-0.25, -0.2) is 14.3 Å². The summed E-state index contributed by atoms with van der Waals surface area (Å²) >= 11 is 0. The van der Waals surface area contributed by atoms with E-state index in [9.17, 15) is 14.7 Å². The van der Waals surface area contributed by atoms with Crippen molar-refractivity contribution in [3.8, 4) is 11.7 Å². The lowest BCUT2D eigenvalue weighted by atomic mass is 9.68. The molecule has 2 aliphatic carbocycles. The highest BCUT2D eigenvalue weighted by molar-refractivity contribution is 5.75. The number of benzene rings is 1. The van der Waals surface area contributed by atoms with E-state index in [-0.39, 0.29) is 23.3 Å². The second-order valence-electron chi connectivity index (χ2n) is 11.7. The van der Waals surface area contributed by atoms with E-state index in [4.69, 9.17) is 0 Å². The zero-order chi connectivity index (χ0) is 24.4. The van der Waals surface area contributed by atoms with Crippen LogP contribution >= 0.6 is 0 Å². The van der Waals surface area contributed by atoms with Crippen LogP contribution in [0.3, 0.4) is 0 Å². The van der Waals surface area contributed by atoms with E-state index in [0.717, 1.165) is 34.8 Å². The van der Waals surface area contributed by atoms with Gasteiger partial charge in [-0.1, -0.05) is 37.8 Å². The van der Waals surface area contributed by atoms with Crippen LogP contribution in [0.15, 0.2) is 40.1 Å². The Hall–Kier alpha value is -2.87. The van der Waals surface area contributed by atoms with Gasteiger partial charge in [0.1, 0.15) is 0 Å². The zero-order valence-corrected chi connectivity index (χ0v) is 20.7. The average molecular weight is 490 g/mol. The van der Waals surface area contributed by atoms with Crippen molar-refractivity contribution < 1.29 is 5.11 Å². The molecule has 4 atom stereocenters. The Kier molecular flexibility index (Phi) is 5.34. The van der Waals surface area contributed by atoms with Crippen molar-refractivity contribution in [1.29, 1.82) is 0 Å². The van der Waals surface area contributed by atoms with E-state index >= 15 is 0 Å². The minimum Gasteiger partial charge on any atom is -0.493 e. The van der Waals surface area contributed by atoms with Gasteiger partial charge in [0.2, 0.25) is 11.7 Å². The summed E-state index contributed by atoms with van der Waals surface area (Å²) in [5.41, 5.74) is 0.591. The first kappa shape index (κ1) is 22.3. The third kappa shape index (κ3) is 3.56. The third-order valence-corrected chi connectivity index (χ3v) is 9.64. The average Bonchev–Trinajstić information content (AvgIpc) is 3.20. The number of hydrogen-bond acceptors (Lipinski definition) is 5. The van der Waals surface area contributed by atoms with Crippen molar-refractivity contribution in [2.75, 3.05) is 0 Å². The van der Waals surface area contributed by atoms with Gasteiger partial charge in [0, 0.05) is 24.2 Å². The lowest BCUT2D eigenvalue weighted by Gasteiger charge is -2.55. The molecule has 36 heavy (non-hydrogen) atoms. The standard InChI is InChI=1S/C28H35N5O3/c34-25-16-29-28(36)33(25)26-27(35)32(24-10-2-1-9-23(24)30-26)22-14-19-7-4-8-20(15-22)31(19)21-12-17-5-3-6-18(11-17)13-21/h1-2,9-10,16-22,34H,3-8,11-15H2,(H,29,36). The number of rotatable bonds is 3. The van der Waals surface area contributed by atoms with Gasteiger partial charge < -0.3 is 14.7 Å². The highest BCUT2D eigenvalue weighted by Gasteiger charge is 2.45. The number of hydrogen-bond donors (Lipinski definition) is 2. The molecule has 4 unspecified atom stereocenters. The number of aromatic amines is 1. The molecule has 7 rings (SSSR count). The maximum absolute atomic E-state index is 13.9. The summed E-state index contributed by atoms with van der Waals surface area (Å²) in [6.45, 7) is 0. The van der Waals surface area contributed by atoms with E-state index in [1.165, 1.54) is 64.0 Å². The van der Waals surface area contributed by atoms with E-state index < -0.39 is 5.69 Å². The number of para-hydroxylation sites is 2. The summed E-state index contributed by atoms with van der Waals surface area (Å²) in [7, 11) is 0. The maximum Gasteiger partial charge on any atom is 0.334 e. The van der Waals surface area contributed by atoms with Crippen LogP contribution in [-0.2, 0) is 0 Å². The second kappa shape index (κ2) is 8.61. The second-order valence-corrected chi connectivity index (χ2v) is 11.7. The largest absolute Gasteiger partial charge is 0.493 e. The van der Waals surface area contributed by atoms with Crippen LogP contribution in [0.2, 0.25) is 0 Å². The summed E-state index contributed by atoms with van der Waals surface area (Å²) in [6.07, 6.45) is 15.1. The molecule has 2 saturated heterocycles. The van der Waals surface area contributed by atoms with Gasteiger partial charge in [-0.05, 0) is 68.9 Å². The predicted octanol–water partition coefficient (Wildman–Crippen LogP) is 4.11. The fourth-order valence-electron chi connectivity index (χ4n) is 8.35. The summed E-state index contributed by atoms with van der Waals surface area (Å²) < 4.78 is 2.87. The molecule has 0 amide bonds. The van der Waals surface area contributed by atoms with Crippen LogP contribution in [0.4, 0.5) is 0 Å². The van der Waals surface area contributed by atoms with Gasteiger partial charge in [-0.3, -0.25) is 9.69 Å². The highest BCUT2D eigenvalue weighted by Crippen LogP contribution is 2.47. The van der Waals surface area contributed by atoms with Gasteiger partial charge in [-0.2, -0.15) is 0 Å². The molecule has 4 bridgehead atoms. The van der Waals surface area contributed by atoms with Gasteiger partial charge in [0.25, 0.3) is 5.56 Å². The van der Waals surface area contributed by atoms with Crippen LogP contribution in [0.25, 0.3) is 16.9 Å². The van der Waals surface area contributed by atoms with Gasteiger partial charge in [0.15, 0.2) is 0 Å². The van der Waals surface area contributed by atoms with E-state index in [1.54, 1.807) is 0 Å². The lowest BCUT2D eigenvalue weighted by Crippen LogP contribution is -2.58. The SMILES string of the molecule is O=c1[nH]cc(O)n1-c1nc2ccccc2n(C2CC3CCCC(C2)N3C2CC3CCCC(C3)C2)c1=O. The fourth-order valence-corrected chi connectivity index (χ4v) is 8.35. The molecule has 2 N–H and O–H groups in total. The Morgan fingerprint density at radius 3 is 2.22 bits per heavy atom. The van der Waals surface area contributed by atoms with Gasteiger partial charge in [0.05, 0.1) is 17.2 Å². The molecule has 1 aromatic carbocycles. The molecule has 8 nitrogen and oxygen atoms in total. The monoisotopic (exact) mass is 489 g/mol.